The van der Waals surface area contributed by atoms with Gasteiger partial charge in [-0.25, -0.2) is 0 Å². The van der Waals surface area contributed by atoms with E-state index in [-0.39, 0.29) is 27.3 Å². The maximum absolute atomic E-state index is 13.1. The number of aryl methyl sites for hydroxylation is 1. The van der Waals surface area contributed by atoms with Gasteiger partial charge in [0.1, 0.15) is 0 Å². The molecule has 0 unspecified atom stereocenters. The Hall–Kier alpha value is -2.00. The molecule has 2 aromatic rings. The lowest BCUT2D eigenvalue weighted by Gasteiger charge is -2.22. The first-order valence-corrected chi connectivity index (χ1v) is 10.2. The summed E-state index contributed by atoms with van der Waals surface area (Å²) < 4.78 is 27.4. The van der Waals surface area contributed by atoms with Crippen LogP contribution in [0.1, 0.15) is 31.9 Å². The van der Waals surface area contributed by atoms with Gasteiger partial charge in [0, 0.05) is 12.0 Å². The van der Waals surface area contributed by atoms with E-state index >= 15 is 0 Å². The van der Waals surface area contributed by atoms with Crippen molar-refractivity contribution >= 4 is 38.1 Å². The van der Waals surface area contributed by atoms with E-state index in [1.54, 1.807) is 13.8 Å². The molecule has 1 aliphatic rings. The highest BCUT2D eigenvalue weighted by Crippen LogP contribution is 2.38. The summed E-state index contributed by atoms with van der Waals surface area (Å²) in [6.07, 6.45) is 0.657. The molecular formula is C16H20N4O3S2. The smallest absolute Gasteiger partial charge is 0.293 e. The van der Waals surface area contributed by atoms with Crippen molar-refractivity contribution in [2.24, 2.45) is 5.92 Å². The lowest BCUT2D eigenvalue weighted by Crippen LogP contribution is -2.35. The molecule has 0 aliphatic carbocycles. The summed E-state index contributed by atoms with van der Waals surface area (Å²) >= 11 is 0.870. The Morgan fingerprint density at radius 2 is 2.08 bits per heavy atom. The van der Waals surface area contributed by atoms with Crippen molar-refractivity contribution < 1.29 is 13.2 Å². The molecule has 1 aliphatic heterocycles. The number of aromatic nitrogens is 2. The molecule has 1 amide bonds. The highest BCUT2D eigenvalue weighted by atomic mass is 32.2. The highest BCUT2D eigenvalue weighted by molar-refractivity contribution is 7.94. The van der Waals surface area contributed by atoms with Gasteiger partial charge in [0.15, 0.2) is 0 Å². The third-order valence-electron chi connectivity index (χ3n) is 4.03. The van der Waals surface area contributed by atoms with E-state index in [1.807, 2.05) is 32.0 Å². The molecule has 134 valence electrons. The van der Waals surface area contributed by atoms with Crippen LogP contribution in [-0.4, -0.2) is 30.6 Å². The number of carbonyl (C=O) groups excluding carboxylic acids is 1. The Morgan fingerprint density at radius 3 is 2.76 bits per heavy atom. The van der Waals surface area contributed by atoms with Crippen molar-refractivity contribution in [3.63, 3.8) is 0 Å². The Labute approximate surface area is 151 Å². The lowest BCUT2D eigenvalue weighted by atomic mass is 10.1. The number of amides is 1. The monoisotopic (exact) mass is 380 g/mol. The minimum atomic E-state index is -3.83. The molecule has 2 heterocycles. The molecule has 0 saturated carbocycles. The summed E-state index contributed by atoms with van der Waals surface area (Å²) in [5.41, 5.74) is 2.69. The van der Waals surface area contributed by atoms with Crippen molar-refractivity contribution in [2.75, 3.05) is 9.62 Å². The van der Waals surface area contributed by atoms with Crippen molar-refractivity contribution in [3.8, 4) is 0 Å². The summed E-state index contributed by atoms with van der Waals surface area (Å²) in [6.45, 7) is 7.30. The number of benzene rings is 1. The highest BCUT2D eigenvalue weighted by Gasteiger charge is 2.38. The number of hydrogen-bond acceptors (Lipinski definition) is 6. The number of nitrogens with one attached hydrogen (secondary N) is 1. The molecular weight excluding hydrogens is 360 g/mol. The number of hydrogen-bond donors (Lipinski definition) is 1. The predicted octanol–water partition coefficient (Wildman–Crippen LogP) is 2.58. The third-order valence-corrected chi connectivity index (χ3v) is 7.15. The maximum atomic E-state index is 13.1. The van der Waals surface area contributed by atoms with Gasteiger partial charge < -0.3 is 5.32 Å². The predicted molar refractivity (Wildman–Crippen MR) is 97.4 cm³/mol. The van der Waals surface area contributed by atoms with Crippen LogP contribution in [-0.2, 0) is 21.2 Å². The number of anilines is 2. The summed E-state index contributed by atoms with van der Waals surface area (Å²) in [4.78, 5) is 11.7. The van der Waals surface area contributed by atoms with Crippen molar-refractivity contribution in [1.29, 1.82) is 0 Å². The fourth-order valence-electron chi connectivity index (χ4n) is 2.76. The Balaban J connectivity index is 1.94. The topological polar surface area (TPSA) is 92.3 Å². The van der Waals surface area contributed by atoms with Crippen LogP contribution in [0.3, 0.4) is 0 Å². The molecule has 1 N–H and O–H groups in total. The van der Waals surface area contributed by atoms with Crippen LogP contribution in [0.4, 0.5) is 10.8 Å². The van der Waals surface area contributed by atoms with Gasteiger partial charge in [-0.3, -0.25) is 9.10 Å². The summed E-state index contributed by atoms with van der Waals surface area (Å²) in [7, 11) is -3.83. The summed E-state index contributed by atoms with van der Waals surface area (Å²) in [6, 6.07) is 5.62. The van der Waals surface area contributed by atoms with Crippen molar-refractivity contribution in [3.05, 3.63) is 29.3 Å². The summed E-state index contributed by atoms with van der Waals surface area (Å²) in [5, 5.41) is 10.4. The van der Waals surface area contributed by atoms with Gasteiger partial charge in [-0.2, -0.15) is 8.42 Å². The molecule has 1 aromatic carbocycles. The molecule has 9 heteroatoms. The quantitative estimate of drug-likeness (QED) is 0.823. The second-order valence-electron chi connectivity index (χ2n) is 6.50. The molecule has 0 spiro atoms. The Bertz CT molecular complexity index is 921. The second kappa shape index (κ2) is 6.38. The van der Waals surface area contributed by atoms with Crippen molar-refractivity contribution in [2.45, 2.75) is 44.5 Å². The van der Waals surface area contributed by atoms with Crippen LogP contribution < -0.4 is 9.62 Å². The van der Waals surface area contributed by atoms with E-state index in [9.17, 15) is 13.2 Å². The number of rotatable bonds is 4. The van der Waals surface area contributed by atoms with E-state index in [2.05, 4.69) is 15.5 Å². The van der Waals surface area contributed by atoms with Crippen LogP contribution in [0.25, 0.3) is 0 Å². The number of fused-ring (bicyclic) bond motifs is 1. The van der Waals surface area contributed by atoms with Gasteiger partial charge in [-0.05, 0) is 37.5 Å². The zero-order valence-electron chi connectivity index (χ0n) is 14.5. The van der Waals surface area contributed by atoms with E-state index < -0.39 is 10.0 Å². The first-order valence-electron chi connectivity index (χ1n) is 7.98. The van der Waals surface area contributed by atoms with Gasteiger partial charge in [-0.1, -0.05) is 37.3 Å². The lowest BCUT2D eigenvalue weighted by molar-refractivity contribution is -0.118. The largest absolute Gasteiger partial charge is 0.300 e. The van der Waals surface area contributed by atoms with E-state index in [0.717, 1.165) is 22.5 Å². The van der Waals surface area contributed by atoms with Crippen molar-refractivity contribution in [1.82, 2.24) is 10.2 Å². The molecule has 0 bridgehead atoms. The Morgan fingerprint density at radius 1 is 1.36 bits per heavy atom. The molecule has 25 heavy (non-hydrogen) atoms. The first-order chi connectivity index (χ1) is 11.7. The van der Waals surface area contributed by atoms with E-state index in [1.165, 1.54) is 4.31 Å². The zero-order valence-corrected chi connectivity index (χ0v) is 16.1. The fourth-order valence-corrected chi connectivity index (χ4v) is 5.42. The number of nitrogens with zero attached hydrogens (tertiary/aromatic N) is 3. The number of carbonyl (C=O) groups is 1. The van der Waals surface area contributed by atoms with Crippen LogP contribution in [0, 0.1) is 12.8 Å². The minimum Gasteiger partial charge on any atom is -0.300 e. The second-order valence-corrected chi connectivity index (χ2v) is 9.47. The van der Waals surface area contributed by atoms with Gasteiger partial charge in [0.25, 0.3) is 14.4 Å². The van der Waals surface area contributed by atoms with Gasteiger partial charge in [0.05, 0.1) is 5.69 Å². The van der Waals surface area contributed by atoms with E-state index in [4.69, 9.17) is 0 Å². The molecule has 7 nitrogen and oxygen atoms in total. The van der Waals surface area contributed by atoms with Gasteiger partial charge >= 0.3 is 0 Å². The van der Waals surface area contributed by atoms with E-state index in [0.29, 0.717) is 12.1 Å². The van der Waals surface area contributed by atoms with Crippen LogP contribution in [0.2, 0.25) is 0 Å². The maximum Gasteiger partial charge on any atom is 0.293 e. The normalized spacial score (nSPS) is 17.0. The Kier molecular flexibility index (Phi) is 4.54. The molecule has 0 saturated heterocycles. The average Bonchev–Trinajstić information content (AvgIpc) is 3.11. The minimum absolute atomic E-state index is 0.118. The summed E-state index contributed by atoms with van der Waals surface area (Å²) in [5.74, 6) is -0.451. The third kappa shape index (κ3) is 3.25. The number of sulfonamides is 1. The van der Waals surface area contributed by atoms with Gasteiger partial charge in [0.2, 0.25) is 11.0 Å². The molecule has 3 rings (SSSR count). The molecule has 0 radical (unpaired) electrons. The zero-order chi connectivity index (χ0) is 18.4. The standard InChI is InChI=1S/C16H20N4O3S2/c1-9(2)14(21)17-15-18-19-16(24-15)25(22,23)20-11(4)8-12-6-5-10(3)7-13(12)20/h5-7,9,11H,8H2,1-4H3,(H,17,18,21)/t11-/m1/s1. The van der Waals surface area contributed by atoms with Crippen LogP contribution in [0.5, 0.6) is 0 Å². The SMILES string of the molecule is Cc1ccc2c(c1)N(S(=O)(=O)c1nnc(NC(=O)C(C)C)s1)[C@H](C)C2. The molecule has 0 fully saturated rings. The molecule has 1 atom stereocenters. The van der Waals surface area contributed by atoms with Gasteiger partial charge in [-0.15, -0.1) is 10.2 Å². The first kappa shape index (κ1) is 17.8. The van der Waals surface area contributed by atoms with Crippen LogP contribution >= 0.6 is 11.3 Å². The molecule has 1 aromatic heterocycles. The van der Waals surface area contributed by atoms with Crippen LogP contribution in [0.15, 0.2) is 22.5 Å². The average molecular weight is 380 g/mol. The fraction of sp³-hybridized carbons (Fsp3) is 0.438.